The molecule has 3 rings (SSSR count). The number of hydrogen-bond donors (Lipinski definition) is 0. The van der Waals surface area contributed by atoms with E-state index in [1.807, 2.05) is 13.1 Å². The van der Waals surface area contributed by atoms with E-state index >= 15 is 0 Å². The lowest BCUT2D eigenvalue weighted by atomic mass is 10.1. The van der Waals surface area contributed by atoms with E-state index < -0.39 is 9.84 Å². The van der Waals surface area contributed by atoms with Crippen molar-refractivity contribution in [1.82, 2.24) is 9.88 Å². The zero-order valence-corrected chi connectivity index (χ0v) is 15.0. The van der Waals surface area contributed by atoms with Gasteiger partial charge in [0.25, 0.3) is 5.91 Å². The van der Waals surface area contributed by atoms with Crippen molar-refractivity contribution in [3.8, 4) is 0 Å². The highest BCUT2D eigenvalue weighted by Gasteiger charge is 2.26. The Bertz CT molecular complexity index is 668. The van der Waals surface area contributed by atoms with Crippen molar-refractivity contribution in [2.24, 2.45) is 5.92 Å². The highest BCUT2D eigenvalue weighted by molar-refractivity contribution is 7.91. The van der Waals surface area contributed by atoms with Crippen LogP contribution in [0.4, 0.5) is 5.82 Å². The lowest BCUT2D eigenvalue weighted by Crippen LogP contribution is -2.43. The second kappa shape index (κ2) is 7.09. The number of rotatable bonds is 4. The minimum absolute atomic E-state index is 0.0500. The molecule has 1 amide bonds. The Morgan fingerprint density at radius 1 is 1.25 bits per heavy atom. The van der Waals surface area contributed by atoms with Crippen molar-refractivity contribution in [2.45, 2.75) is 25.7 Å². The smallest absolute Gasteiger partial charge is 0.255 e. The fourth-order valence-electron chi connectivity index (χ4n) is 3.51. The number of carbonyl (C=O) groups is 1. The second-order valence-electron chi connectivity index (χ2n) is 6.88. The van der Waals surface area contributed by atoms with E-state index in [2.05, 4.69) is 9.88 Å². The molecule has 2 heterocycles. The predicted molar refractivity (Wildman–Crippen MR) is 94.0 cm³/mol. The third-order valence-corrected chi connectivity index (χ3v) is 6.63. The summed E-state index contributed by atoms with van der Waals surface area (Å²) in [5, 5.41) is 0. The van der Waals surface area contributed by atoms with Crippen molar-refractivity contribution in [1.29, 1.82) is 0 Å². The summed E-state index contributed by atoms with van der Waals surface area (Å²) in [6.45, 7) is 1.54. The van der Waals surface area contributed by atoms with Crippen LogP contribution in [-0.4, -0.2) is 62.4 Å². The molecule has 6 nitrogen and oxygen atoms in total. The highest BCUT2D eigenvalue weighted by atomic mass is 32.2. The quantitative estimate of drug-likeness (QED) is 0.824. The molecule has 2 fully saturated rings. The number of aromatic nitrogens is 1. The Morgan fingerprint density at radius 2 is 1.92 bits per heavy atom. The van der Waals surface area contributed by atoms with Crippen molar-refractivity contribution >= 4 is 21.6 Å². The zero-order chi connectivity index (χ0) is 17.2. The average molecular weight is 351 g/mol. The molecule has 2 aliphatic rings. The van der Waals surface area contributed by atoms with Gasteiger partial charge >= 0.3 is 0 Å². The van der Waals surface area contributed by atoms with Crippen LogP contribution in [0.3, 0.4) is 0 Å². The lowest BCUT2D eigenvalue weighted by molar-refractivity contribution is 0.0770. The van der Waals surface area contributed by atoms with Gasteiger partial charge in [0.1, 0.15) is 5.82 Å². The first kappa shape index (κ1) is 17.2. The van der Waals surface area contributed by atoms with Crippen molar-refractivity contribution in [2.75, 3.05) is 43.1 Å². The summed E-state index contributed by atoms with van der Waals surface area (Å²) in [5.41, 5.74) is 0.521. The van der Waals surface area contributed by atoms with Crippen LogP contribution < -0.4 is 4.90 Å². The summed E-state index contributed by atoms with van der Waals surface area (Å²) < 4.78 is 22.9. The lowest BCUT2D eigenvalue weighted by Gasteiger charge is -2.27. The van der Waals surface area contributed by atoms with Crippen LogP contribution in [0.15, 0.2) is 18.3 Å². The van der Waals surface area contributed by atoms with Crippen LogP contribution in [0.1, 0.15) is 36.0 Å². The molecule has 0 spiro atoms. The third-order valence-electron chi connectivity index (χ3n) is 5.02. The SMILES string of the molecule is CN(CC1CCCC1)c1ccc(C(=O)N2CCS(=O)(=O)CC2)cn1. The van der Waals surface area contributed by atoms with E-state index in [4.69, 9.17) is 0 Å². The third kappa shape index (κ3) is 4.06. The van der Waals surface area contributed by atoms with Crippen molar-refractivity contribution in [3.63, 3.8) is 0 Å². The van der Waals surface area contributed by atoms with Crippen molar-refractivity contribution in [3.05, 3.63) is 23.9 Å². The maximum Gasteiger partial charge on any atom is 0.255 e. The maximum atomic E-state index is 12.4. The van der Waals surface area contributed by atoms with Crippen LogP contribution in [0, 0.1) is 5.92 Å². The normalized spacial score (nSPS) is 21.0. The fraction of sp³-hybridized carbons (Fsp3) is 0.647. The molecule has 1 saturated heterocycles. The minimum Gasteiger partial charge on any atom is -0.359 e. The van der Waals surface area contributed by atoms with Gasteiger partial charge in [0, 0.05) is 32.9 Å². The molecule has 7 heteroatoms. The van der Waals surface area contributed by atoms with Crippen LogP contribution in [0.25, 0.3) is 0 Å². The molecule has 0 atom stereocenters. The fourth-order valence-corrected chi connectivity index (χ4v) is 4.71. The first-order chi connectivity index (χ1) is 11.4. The Morgan fingerprint density at radius 3 is 2.50 bits per heavy atom. The molecule has 24 heavy (non-hydrogen) atoms. The van der Waals surface area contributed by atoms with Gasteiger partial charge in [-0.3, -0.25) is 4.79 Å². The van der Waals surface area contributed by atoms with Gasteiger partial charge in [0.15, 0.2) is 9.84 Å². The highest BCUT2D eigenvalue weighted by Crippen LogP contribution is 2.26. The Labute approximate surface area is 143 Å². The molecule has 0 unspecified atom stereocenters. The first-order valence-corrected chi connectivity index (χ1v) is 10.4. The molecule has 1 aromatic heterocycles. The average Bonchev–Trinajstić information content (AvgIpc) is 3.07. The summed E-state index contributed by atoms with van der Waals surface area (Å²) in [6, 6.07) is 3.67. The summed E-state index contributed by atoms with van der Waals surface area (Å²) in [5.74, 6) is 1.58. The monoisotopic (exact) mass is 351 g/mol. The van der Waals surface area contributed by atoms with E-state index in [0.717, 1.165) is 18.3 Å². The van der Waals surface area contributed by atoms with Gasteiger partial charge in [-0.15, -0.1) is 0 Å². The molecular formula is C17H25N3O3S. The molecular weight excluding hydrogens is 326 g/mol. The summed E-state index contributed by atoms with van der Waals surface area (Å²) in [7, 11) is -0.938. The number of hydrogen-bond acceptors (Lipinski definition) is 5. The Balaban J connectivity index is 1.60. The molecule has 0 bridgehead atoms. The molecule has 1 aliphatic carbocycles. The molecule has 0 N–H and O–H groups in total. The molecule has 0 aromatic carbocycles. The molecule has 132 valence electrons. The first-order valence-electron chi connectivity index (χ1n) is 8.61. The predicted octanol–water partition coefficient (Wildman–Crippen LogP) is 1.58. The Hall–Kier alpha value is -1.63. The number of carbonyl (C=O) groups excluding carboxylic acids is 1. The van der Waals surface area contributed by atoms with E-state index in [1.165, 1.54) is 25.7 Å². The largest absolute Gasteiger partial charge is 0.359 e. The minimum atomic E-state index is -2.98. The van der Waals surface area contributed by atoms with Gasteiger partial charge in [-0.2, -0.15) is 0 Å². The van der Waals surface area contributed by atoms with Crippen LogP contribution in [0.5, 0.6) is 0 Å². The maximum absolute atomic E-state index is 12.4. The summed E-state index contributed by atoms with van der Waals surface area (Å²) in [4.78, 5) is 20.6. The summed E-state index contributed by atoms with van der Waals surface area (Å²) in [6.07, 6.45) is 6.83. The topological polar surface area (TPSA) is 70.6 Å². The number of nitrogens with zero attached hydrogens (tertiary/aromatic N) is 3. The molecule has 0 radical (unpaired) electrons. The number of amides is 1. The zero-order valence-electron chi connectivity index (χ0n) is 14.1. The van der Waals surface area contributed by atoms with Crippen molar-refractivity contribution < 1.29 is 13.2 Å². The van der Waals surface area contributed by atoms with Crippen LogP contribution >= 0.6 is 0 Å². The standard InChI is InChI=1S/C17H25N3O3S/c1-19(13-14-4-2-3-5-14)16-7-6-15(12-18-16)17(21)20-8-10-24(22,23)11-9-20/h6-7,12,14H,2-5,8-11,13H2,1H3. The number of sulfone groups is 1. The van der Waals surface area contributed by atoms with Gasteiger partial charge in [0.2, 0.25) is 0 Å². The van der Waals surface area contributed by atoms with E-state index in [9.17, 15) is 13.2 Å². The molecule has 1 aliphatic heterocycles. The number of anilines is 1. The van der Waals surface area contributed by atoms with Crippen LogP contribution in [-0.2, 0) is 9.84 Å². The molecule has 1 aromatic rings. The van der Waals surface area contributed by atoms with E-state index in [1.54, 1.807) is 17.2 Å². The van der Waals surface area contributed by atoms with Gasteiger partial charge in [-0.05, 0) is 30.9 Å². The second-order valence-corrected chi connectivity index (χ2v) is 9.18. The summed E-state index contributed by atoms with van der Waals surface area (Å²) >= 11 is 0. The van der Waals surface area contributed by atoms with Gasteiger partial charge in [0.05, 0.1) is 17.1 Å². The molecule has 1 saturated carbocycles. The van der Waals surface area contributed by atoms with E-state index in [-0.39, 0.29) is 30.5 Å². The van der Waals surface area contributed by atoms with E-state index in [0.29, 0.717) is 5.56 Å². The Kier molecular flexibility index (Phi) is 5.08. The van der Waals surface area contributed by atoms with Gasteiger partial charge < -0.3 is 9.80 Å². The van der Waals surface area contributed by atoms with Crippen LogP contribution in [0.2, 0.25) is 0 Å². The number of pyridine rings is 1. The van der Waals surface area contributed by atoms with Gasteiger partial charge in [-0.25, -0.2) is 13.4 Å². The van der Waals surface area contributed by atoms with Gasteiger partial charge in [-0.1, -0.05) is 12.8 Å².